The quantitative estimate of drug-likeness (QED) is 0.547. The Morgan fingerprint density at radius 1 is 1.30 bits per heavy atom. The van der Waals surface area contributed by atoms with Crippen LogP contribution in [-0.4, -0.2) is 71.3 Å². The number of nitrogens with two attached hydrogens (primary N) is 1. The number of halogens is 1. The zero-order valence-corrected chi connectivity index (χ0v) is 16.3. The van der Waals surface area contributed by atoms with Crippen molar-refractivity contribution in [1.29, 1.82) is 0 Å². The monoisotopic (exact) mass is 402 g/mol. The highest BCUT2D eigenvalue weighted by atomic mass is 35.5. The highest BCUT2D eigenvalue weighted by Crippen LogP contribution is 2.06. The van der Waals surface area contributed by atoms with Crippen molar-refractivity contribution in [3.63, 3.8) is 0 Å². The molecule has 1 aromatic heterocycles. The minimum Gasteiger partial charge on any atom is -0.378 e. The fourth-order valence-electron chi connectivity index (χ4n) is 2.36. The first-order valence-electron chi connectivity index (χ1n) is 8.58. The van der Waals surface area contributed by atoms with Gasteiger partial charge in [-0.05, 0) is 5.92 Å². The maximum Gasteiger partial charge on any atom is 0.244 e. The first-order chi connectivity index (χ1) is 12.4. The Balaban J connectivity index is 0.00000364. The Kier molecular flexibility index (Phi) is 9.19. The summed E-state index contributed by atoms with van der Waals surface area (Å²) in [5, 5.41) is 9.17. The van der Waals surface area contributed by atoms with Gasteiger partial charge in [-0.2, -0.15) is 5.10 Å². The summed E-state index contributed by atoms with van der Waals surface area (Å²) in [5.41, 5.74) is 6.16. The van der Waals surface area contributed by atoms with Crippen LogP contribution in [0.1, 0.15) is 13.8 Å². The molecule has 0 radical (unpaired) electrons. The zero-order chi connectivity index (χ0) is 19.1. The number of ether oxygens (including phenoxy) is 1. The van der Waals surface area contributed by atoms with Crippen molar-refractivity contribution in [3.8, 4) is 0 Å². The van der Waals surface area contributed by atoms with Crippen LogP contribution in [0.4, 0.5) is 5.69 Å². The number of hydrogen-bond donors (Lipinski definition) is 3. The first kappa shape index (κ1) is 22.9. The van der Waals surface area contributed by atoms with Crippen molar-refractivity contribution in [2.75, 3.05) is 38.2 Å². The van der Waals surface area contributed by atoms with Crippen molar-refractivity contribution in [3.05, 3.63) is 12.4 Å². The minimum absolute atomic E-state index is 0. The lowest BCUT2D eigenvalue weighted by molar-refractivity contribution is -0.136. The summed E-state index contributed by atoms with van der Waals surface area (Å²) in [4.78, 5) is 37.5. The van der Waals surface area contributed by atoms with Gasteiger partial charge in [-0.25, -0.2) is 0 Å². The molecule has 4 N–H and O–H groups in total. The van der Waals surface area contributed by atoms with Crippen LogP contribution in [-0.2, 0) is 25.7 Å². The lowest BCUT2D eigenvalue weighted by Gasteiger charge is -2.26. The molecular formula is C16H27ClN6O4. The fourth-order valence-corrected chi connectivity index (χ4v) is 2.36. The molecule has 27 heavy (non-hydrogen) atoms. The van der Waals surface area contributed by atoms with E-state index in [-0.39, 0.29) is 43.2 Å². The zero-order valence-electron chi connectivity index (χ0n) is 15.5. The molecule has 1 aliphatic heterocycles. The van der Waals surface area contributed by atoms with E-state index in [9.17, 15) is 14.4 Å². The lowest BCUT2D eigenvalue weighted by Crippen LogP contribution is -2.46. The number of nitrogens with one attached hydrogen (secondary N) is 2. The van der Waals surface area contributed by atoms with Gasteiger partial charge in [0.15, 0.2) is 0 Å². The second-order valence-corrected chi connectivity index (χ2v) is 6.46. The van der Waals surface area contributed by atoms with Crippen LogP contribution in [0.25, 0.3) is 0 Å². The van der Waals surface area contributed by atoms with E-state index in [0.717, 1.165) is 0 Å². The maximum absolute atomic E-state index is 12.2. The maximum atomic E-state index is 12.2. The van der Waals surface area contributed by atoms with Gasteiger partial charge in [-0.1, -0.05) is 13.8 Å². The molecule has 1 aliphatic rings. The van der Waals surface area contributed by atoms with Gasteiger partial charge in [0, 0.05) is 19.3 Å². The molecular weight excluding hydrogens is 376 g/mol. The van der Waals surface area contributed by atoms with E-state index in [1.54, 1.807) is 11.1 Å². The van der Waals surface area contributed by atoms with Crippen molar-refractivity contribution < 1.29 is 19.1 Å². The van der Waals surface area contributed by atoms with Gasteiger partial charge in [0.1, 0.15) is 6.54 Å². The smallest absolute Gasteiger partial charge is 0.244 e. The van der Waals surface area contributed by atoms with Gasteiger partial charge in [-0.3, -0.25) is 19.1 Å². The minimum atomic E-state index is -0.656. The highest BCUT2D eigenvalue weighted by molar-refractivity contribution is 5.95. The van der Waals surface area contributed by atoms with Gasteiger partial charge in [0.05, 0.1) is 37.7 Å². The van der Waals surface area contributed by atoms with Crippen LogP contribution >= 0.6 is 12.4 Å². The van der Waals surface area contributed by atoms with Crippen LogP contribution in [0, 0.1) is 5.92 Å². The Hall–Kier alpha value is -2.17. The molecule has 152 valence electrons. The summed E-state index contributed by atoms with van der Waals surface area (Å²) in [6.45, 7) is 5.79. The molecule has 0 unspecified atom stereocenters. The Labute approximate surface area is 164 Å². The van der Waals surface area contributed by atoms with Crippen LogP contribution in [0.3, 0.4) is 0 Å². The third kappa shape index (κ3) is 7.16. The highest BCUT2D eigenvalue weighted by Gasteiger charge is 2.19. The number of amides is 3. The molecule has 0 aromatic carbocycles. The van der Waals surface area contributed by atoms with Crippen molar-refractivity contribution in [1.82, 2.24) is 20.0 Å². The van der Waals surface area contributed by atoms with Gasteiger partial charge in [0.25, 0.3) is 0 Å². The predicted molar refractivity (Wildman–Crippen MR) is 101 cm³/mol. The topological polar surface area (TPSA) is 132 Å². The Morgan fingerprint density at radius 3 is 2.59 bits per heavy atom. The standard InChI is InChI=1S/C16H26N6O4.ClH/c1-11(2)15(17)16(25)18-8-13(23)20-12-7-19-22(9-12)10-14(24)21-3-5-26-6-4-21;/h7,9,11,15H,3-6,8,10,17H2,1-2H3,(H,18,25)(H,20,23);1H/t15-;/m0./s1. The molecule has 3 amide bonds. The third-order valence-corrected chi connectivity index (χ3v) is 4.02. The van der Waals surface area contributed by atoms with Gasteiger partial charge >= 0.3 is 0 Å². The Bertz CT molecular complexity index is 645. The van der Waals surface area contributed by atoms with Gasteiger partial charge in [-0.15, -0.1) is 12.4 Å². The molecule has 1 fully saturated rings. The molecule has 0 saturated carbocycles. The Morgan fingerprint density at radius 2 is 1.96 bits per heavy atom. The summed E-state index contributed by atoms with van der Waals surface area (Å²) >= 11 is 0. The van der Waals surface area contributed by atoms with Crippen LogP contribution in [0.15, 0.2) is 12.4 Å². The number of morpholine rings is 1. The molecule has 0 aliphatic carbocycles. The van der Waals surface area contributed by atoms with Crippen molar-refractivity contribution in [2.45, 2.75) is 26.4 Å². The SMILES string of the molecule is CC(C)[C@H](N)C(=O)NCC(=O)Nc1cnn(CC(=O)N2CCOCC2)c1.Cl. The summed E-state index contributed by atoms with van der Waals surface area (Å²) in [7, 11) is 0. The molecule has 2 heterocycles. The second-order valence-electron chi connectivity index (χ2n) is 6.46. The average Bonchev–Trinajstić information content (AvgIpc) is 3.06. The van der Waals surface area contributed by atoms with E-state index in [0.29, 0.717) is 32.0 Å². The van der Waals surface area contributed by atoms with Crippen LogP contribution < -0.4 is 16.4 Å². The number of carbonyl (C=O) groups is 3. The van der Waals surface area contributed by atoms with Gasteiger partial charge < -0.3 is 26.0 Å². The molecule has 1 aromatic rings. The van der Waals surface area contributed by atoms with Crippen LogP contribution in [0.2, 0.25) is 0 Å². The predicted octanol–water partition coefficient (Wildman–Crippen LogP) is -0.798. The first-order valence-corrected chi connectivity index (χ1v) is 8.58. The average molecular weight is 403 g/mol. The number of hydrogen-bond acceptors (Lipinski definition) is 6. The summed E-state index contributed by atoms with van der Waals surface area (Å²) < 4.78 is 6.67. The van der Waals surface area contributed by atoms with E-state index in [1.165, 1.54) is 10.9 Å². The summed E-state index contributed by atoms with van der Waals surface area (Å²) in [6, 6.07) is -0.656. The molecule has 1 atom stereocenters. The lowest BCUT2D eigenvalue weighted by atomic mass is 10.1. The molecule has 1 saturated heterocycles. The normalized spacial score (nSPS) is 15.0. The molecule has 0 spiro atoms. The number of carbonyl (C=O) groups excluding carboxylic acids is 3. The second kappa shape index (κ2) is 10.9. The molecule has 11 heteroatoms. The van der Waals surface area contributed by atoms with E-state index >= 15 is 0 Å². The number of aromatic nitrogens is 2. The summed E-state index contributed by atoms with van der Waals surface area (Å²) in [6.07, 6.45) is 3.02. The largest absolute Gasteiger partial charge is 0.378 e. The number of nitrogens with zero attached hydrogens (tertiary/aromatic N) is 3. The van der Waals surface area contributed by atoms with Crippen LogP contribution in [0.5, 0.6) is 0 Å². The molecule has 0 bridgehead atoms. The van der Waals surface area contributed by atoms with Crippen molar-refractivity contribution >= 4 is 35.8 Å². The molecule has 2 rings (SSSR count). The van der Waals surface area contributed by atoms with E-state index in [1.807, 2.05) is 13.8 Å². The number of anilines is 1. The third-order valence-electron chi connectivity index (χ3n) is 4.02. The fraction of sp³-hybridized carbons (Fsp3) is 0.625. The summed E-state index contributed by atoms with van der Waals surface area (Å²) in [5.74, 6) is -0.833. The number of rotatable bonds is 7. The van der Waals surface area contributed by atoms with E-state index < -0.39 is 11.9 Å². The van der Waals surface area contributed by atoms with Gasteiger partial charge in [0.2, 0.25) is 17.7 Å². The van der Waals surface area contributed by atoms with E-state index in [4.69, 9.17) is 10.5 Å². The van der Waals surface area contributed by atoms with Crippen molar-refractivity contribution in [2.24, 2.45) is 11.7 Å². The van der Waals surface area contributed by atoms with E-state index in [2.05, 4.69) is 15.7 Å². The molecule has 10 nitrogen and oxygen atoms in total.